The summed E-state index contributed by atoms with van der Waals surface area (Å²) in [6.07, 6.45) is 5.16. The fourth-order valence-corrected chi connectivity index (χ4v) is 5.68. The third-order valence-electron chi connectivity index (χ3n) is 5.08. The lowest BCUT2D eigenvalue weighted by Gasteiger charge is -2.11. The number of rotatable bonds is 6. The van der Waals surface area contributed by atoms with Crippen molar-refractivity contribution in [3.05, 3.63) is 62.5 Å². The number of hydrogen-bond donors (Lipinski definition) is 2. The smallest absolute Gasteiger partial charge is 0.271 e. The summed E-state index contributed by atoms with van der Waals surface area (Å²) in [4.78, 5) is 31.6. The summed E-state index contributed by atoms with van der Waals surface area (Å²) in [7, 11) is -3.66. The van der Waals surface area contributed by atoms with Crippen molar-refractivity contribution in [3.8, 4) is 0 Å². The Balaban J connectivity index is 1.42. The van der Waals surface area contributed by atoms with Gasteiger partial charge in [-0.25, -0.2) is 18.1 Å². The predicted octanol–water partition coefficient (Wildman–Crippen LogP) is 1.65. The zero-order valence-corrected chi connectivity index (χ0v) is 18.1. The van der Waals surface area contributed by atoms with Crippen LogP contribution in [0.4, 0.5) is 0 Å². The summed E-state index contributed by atoms with van der Waals surface area (Å²) in [5.41, 5.74) is 1.50. The van der Waals surface area contributed by atoms with E-state index in [0.29, 0.717) is 4.96 Å². The number of nitrogens with zero attached hydrogens (tertiary/aromatic N) is 2. The second kappa shape index (κ2) is 8.29. The molecule has 0 atom stereocenters. The molecule has 0 fully saturated rings. The maximum Gasteiger partial charge on any atom is 0.271 e. The Morgan fingerprint density at radius 1 is 1.17 bits per heavy atom. The molecule has 10 heteroatoms. The Hall–Kier alpha value is -2.56. The minimum Gasteiger partial charge on any atom is -0.350 e. The summed E-state index contributed by atoms with van der Waals surface area (Å²) in [5.74, 6) is -0.563. The van der Waals surface area contributed by atoms with Crippen LogP contribution in [0.5, 0.6) is 0 Å². The first kappa shape index (κ1) is 20.7. The van der Waals surface area contributed by atoms with E-state index in [9.17, 15) is 18.0 Å². The molecule has 2 heterocycles. The van der Waals surface area contributed by atoms with Crippen LogP contribution >= 0.6 is 11.3 Å². The van der Waals surface area contributed by atoms with Crippen LogP contribution < -0.4 is 15.6 Å². The molecule has 3 aromatic rings. The molecule has 1 amide bonds. The predicted molar refractivity (Wildman–Crippen MR) is 115 cm³/mol. The van der Waals surface area contributed by atoms with Gasteiger partial charge in [-0.15, -0.1) is 11.3 Å². The van der Waals surface area contributed by atoms with Crippen LogP contribution in [0.2, 0.25) is 0 Å². The van der Waals surface area contributed by atoms with Gasteiger partial charge in [0.2, 0.25) is 10.0 Å². The lowest BCUT2D eigenvalue weighted by molar-refractivity contribution is 0.0952. The Bertz CT molecular complexity index is 1260. The molecule has 0 saturated carbocycles. The highest BCUT2D eigenvalue weighted by molar-refractivity contribution is 7.89. The Morgan fingerprint density at radius 3 is 2.67 bits per heavy atom. The summed E-state index contributed by atoms with van der Waals surface area (Å²) < 4.78 is 28.6. The van der Waals surface area contributed by atoms with Crippen LogP contribution in [0.3, 0.4) is 0 Å². The molecule has 8 nitrogen and oxygen atoms in total. The molecular formula is C20H22N4O4S2. The molecule has 1 aliphatic carbocycles. The van der Waals surface area contributed by atoms with E-state index in [0.717, 1.165) is 41.8 Å². The van der Waals surface area contributed by atoms with E-state index in [1.54, 1.807) is 16.5 Å². The number of aromatic nitrogens is 2. The second-order valence-electron chi connectivity index (χ2n) is 7.24. The first-order chi connectivity index (χ1) is 14.4. The van der Waals surface area contributed by atoms with Gasteiger partial charge in [0.05, 0.1) is 4.90 Å². The van der Waals surface area contributed by atoms with Gasteiger partial charge < -0.3 is 5.32 Å². The summed E-state index contributed by atoms with van der Waals surface area (Å²) in [6, 6.07) is 6.49. The Morgan fingerprint density at radius 2 is 1.90 bits per heavy atom. The molecule has 158 valence electrons. The number of thiazole rings is 1. The van der Waals surface area contributed by atoms with E-state index in [4.69, 9.17) is 0 Å². The van der Waals surface area contributed by atoms with Gasteiger partial charge in [0.1, 0.15) is 5.56 Å². The van der Waals surface area contributed by atoms with E-state index in [1.165, 1.54) is 29.7 Å². The standard InChI is InChI=1S/C20H22N4O4S2/c1-13-6-8-14(9-7-13)30(27,28)23-11-10-21-18(25)15-12-22-20-24(19(15)26)16-4-2-3-5-17(16)29-20/h6-9,12,23H,2-5,10-11H2,1H3,(H,21,25). The van der Waals surface area contributed by atoms with Crippen molar-refractivity contribution in [1.29, 1.82) is 0 Å². The van der Waals surface area contributed by atoms with Crippen LogP contribution in [-0.4, -0.2) is 36.8 Å². The maximum absolute atomic E-state index is 12.9. The van der Waals surface area contributed by atoms with Crippen molar-refractivity contribution in [2.75, 3.05) is 13.1 Å². The van der Waals surface area contributed by atoms with Crippen LogP contribution in [-0.2, 0) is 22.9 Å². The van der Waals surface area contributed by atoms with E-state index in [1.807, 2.05) is 6.92 Å². The fourth-order valence-electron chi connectivity index (χ4n) is 3.48. The lowest BCUT2D eigenvalue weighted by Crippen LogP contribution is -2.37. The quantitative estimate of drug-likeness (QED) is 0.560. The summed E-state index contributed by atoms with van der Waals surface area (Å²) in [6.45, 7) is 1.93. The maximum atomic E-state index is 12.9. The average Bonchev–Trinajstić information content (AvgIpc) is 3.11. The van der Waals surface area contributed by atoms with Crippen molar-refractivity contribution in [3.63, 3.8) is 0 Å². The minimum absolute atomic E-state index is 0.00675. The van der Waals surface area contributed by atoms with Crippen molar-refractivity contribution < 1.29 is 13.2 Å². The SMILES string of the molecule is Cc1ccc(S(=O)(=O)NCCNC(=O)c2cnc3sc4c(n3c2=O)CCCC4)cc1. The number of carbonyl (C=O) groups is 1. The molecule has 30 heavy (non-hydrogen) atoms. The summed E-state index contributed by atoms with van der Waals surface area (Å²) in [5, 5.41) is 2.59. The third-order valence-corrected chi connectivity index (χ3v) is 7.71. The van der Waals surface area contributed by atoms with Crippen LogP contribution in [0.15, 0.2) is 40.2 Å². The zero-order chi connectivity index (χ0) is 21.3. The van der Waals surface area contributed by atoms with Crippen molar-refractivity contribution in [2.24, 2.45) is 0 Å². The Labute approximate surface area is 178 Å². The van der Waals surface area contributed by atoms with Gasteiger partial charge in [-0.1, -0.05) is 17.7 Å². The van der Waals surface area contributed by atoms with Crippen molar-refractivity contribution in [2.45, 2.75) is 37.5 Å². The van der Waals surface area contributed by atoms with Crippen LogP contribution in [0.1, 0.15) is 39.3 Å². The zero-order valence-electron chi connectivity index (χ0n) is 16.5. The molecule has 1 aliphatic rings. The van der Waals surface area contributed by atoms with Crippen molar-refractivity contribution in [1.82, 2.24) is 19.4 Å². The number of amides is 1. The van der Waals surface area contributed by atoms with Gasteiger partial charge in [0.15, 0.2) is 4.96 Å². The normalized spacial score (nSPS) is 13.9. The monoisotopic (exact) mass is 446 g/mol. The van der Waals surface area contributed by atoms with E-state index in [2.05, 4.69) is 15.0 Å². The van der Waals surface area contributed by atoms with E-state index < -0.39 is 15.9 Å². The third kappa shape index (κ3) is 4.03. The number of benzene rings is 1. The molecule has 4 rings (SSSR count). The molecule has 0 bridgehead atoms. The Kier molecular flexibility index (Phi) is 5.72. The van der Waals surface area contributed by atoms with Gasteiger partial charge in [-0.3, -0.25) is 14.0 Å². The topological polar surface area (TPSA) is 110 Å². The van der Waals surface area contributed by atoms with Crippen LogP contribution in [0, 0.1) is 6.92 Å². The van der Waals surface area contributed by atoms with Gasteiger partial charge in [-0.2, -0.15) is 0 Å². The van der Waals surface area contributed by atoms with Gasteiger partial charge in [0.25, 0.3) is 11.5 Å². The first-order valence-corrected chi connectivity index (χ1v) is 12.0. The molecule has 0 radical (unpaired) electrons. The largest absolute Gasteiger partial charge is 0.350 e. The number of carbonyl (C=O) groups excluding carboxylic acids is 1. The summed E-state index contributed by atoms with van der Waals surface area (Å²) >= 11 is 1.50. The van der Waals surface area contributed by atoms with Crippen molar-refractivity contribution >= 4 is 32.2 Å². The average molecular weight is 447 g/mol. The highest BCUT2D eigenvalue weighted by Gasteiger charge is 2.21. The number of nitrogens with one attached hydrogen (secondary N) is 2. The molecule has 0 spiro atoms. The number of fused-ring (bicyclic) bond motifs is 3. The molecule has 2 aromatic heterocycles. The first-order valence-electron chi connectivity index (χ1n) is 9.73. The number of hydrogen-bond acceptors (Lipinski definition) is 6. The van der Waals surface area contributed by atoms with Gasteiger partial charge >= 0.3 is 0 Å². The molecular weight excluding hydrogens is 424 g/mol. The van der Waals surface area contributed by atoms with E-state index >= 15 is 0 Å². The molecule has 0 aliphatic heterocycles. The molecule has 1 aromatic carbocycles. The van der Waals surface area contributed by atoms with E-state index in [-0.39, 0.29) is 29.1 Å². The second-order valence-corrected chi connectivity index (χ2v) is 10.1. The molecule has 2 N–H and O–H groups in total. The van der Waals surface area contributed by atoms with Gasteiger partial charge in [-0.05, 0) is 44.7 Å². The lowest BCUT2D eigenvalue weighted by atomic mass is 10.0. The highest BCUT2D eigenvalue weighted by Crippen LogP contribution is 2.28. The van der Waals surface area contributed by atoms with Crippen LogP contribution in [0.25, 0.3) is 4.96 Å². The number of sulfonamides is 1. The fraction of sp³-hybridized carbons (Fsp3) is 0.350. The number of aryl methyl sites for hydroxylation is 3. The molecule has 0 unspecified atom stereocenters. The highest BCUT2D eigenvalue weighted by atomic mass is 32.2. The minimum atomic E-state index is -3.66. The molecule has 0 saturated heterocycles. The van der Waals surface area contributed by atoms with Gasteiger partial charge in [0, 0.05) is 29.9 Å².